The van der Waals surface area contributed by atoms with E-state index in [4.69, 9.17) is 5.73 Å². The number of carbonyl (C=O) groups is 2. The van der Waals surface area contributed by atoms with Crippen LogP contribution in [-0.4, -0.2) is 30.1 Å². The smallest absolute Gasteiger partial charge is 0.264 e. The highest BCUT2D eigenvalue weighted by molar-refractivity contribution is 6.06. The molecule has 96 valence electrons. The molecular formula is C12H21N3O2. The minimum absolute atomic E-state index is 0.00840. The average molecular weight is 239 g/mol. The third kappa shape index (κ3) is 4.26. The Hall–Kier alpha value is -1.23. The quantitative estimate of drug-likeness (QED) is 0.559. The zero-order chi connectivity index (χ0) is 13.1. The van der Waals surface area contributed by atoms with Crippen molar-refractivity contribution in [2.24, 2.45) is 16.1 Å². The van der Waals surface area contributed by atoms with Gasteiger partial charge in [0.05, 0.1) is 12.5 Å². The minimum Gasteiger partial charge on any atom is -0.387 e. The zero-order valence-corrected chi connectivity index (χ0v) is 10.7. The van der Waals surface area contributed by atoms with Gasteiger partial charge in [0.15, 0.2) is 0 Å². The molecule has 0 aromatic heterocycles. The summed E-state index contributed by atoms with van der Waals surface area (Å²) in [4.78, 5) is 27.1. The monoisotopic (exact) mass is 239 g/mol. The lowest BCUT2D eigenvalue weighted by Crippen LogP contribution is -2.32. The molecule has 0 spiro atoms. The van der Waals surface area contributed by atoms with Gasteiger partial charge in [-0.25, -0.2) is 0 Å². The molecule has 3 N–H and O–H groups in total. The Kier molecular flexibility index (Phi) is 4.40. The normalized spacial score (nSPS) is 21.6. The maximum Gasteiger partial charge on any atom is 0.264 e. The molecule has 0 radical (unpaired) electrons. The van der Waals surface area contributed by atoms with Crippen molar-refractivity contribution < 1.29 is 9.59 Å². The highest BCUT2D eigenvalue weighted by Gasteiger charge is 2.24. The lowest BCUT2D eigenvalue weighted by molar-refractivity contribution is -0.125. The number of nitrogens with one attached hydrogen (secondary N) is 1. The van der Waals surface area contributed by atoms with Crippen LogP contribution in [0.15, 0.2) is 4.99 Å². The summed E-state index contributed by atoms with van der Waals surface area (Å²) in [6, 6.07) is -0.224. The molecule has 1 unspecified atom stereocenters. The van der Waals surface area contributed by atoms with Crippen LogP contribution in [0.3, 0.4) is 0 Å². The fourth-order valence-electron chi connectivity index (χ4n) is 1.58. The number of rotatable bonds is 3. The van der Waals surface area contributed by atoms with Crippen molar-refractivity contribution >= 4 is 17.5 Å². The molecule has 5 nitrogen and oxygen atoms in total. The summed E-state index contributed by atoms with van der Waals surface area (Å²) in [5, 5.41) is 3.05. The Morgan fingerprint density at radius 2 is 2.06 bits per heavy atom. The van der Waals surface area contributed by atoms with E-state index in [1.165, 1.54) is 0 Å². The highest BCUT2D eigenvalue weighted by atomic mass is 16.2. The van der Waals surface area contributed by atoms with Crippen LogP contribution in [0.1, 0.15) is 40.0 Å². The van der Waals surface area contributed by atoms with Crippen LogP contribution in [0.4, 0.5) is 0 Å². The molecule has 0 aromatic carbocycles. The molecule has 1 saturated heterocycles. The Bertz CT molecular complexity index is 336. The molecule has 17 heavy (non-hydrogen) atoms. The molecule has 5 heteroatoms. The predicted molar refractivity (Wildman–Crippen MR) is 66.7 cm³/mol. The maximum atomic E-state index is 11.7. The van der Waals surface area contributed by atoms with Gasteiger partial charge >= 0.3 is 0 Å². The number of hydrogen-bond donors (Lipinski definition) is 2. The second-order valence-corrected chi connectivity index (χ2v) is 5.44. The van der Waals surface area contributed by atoms with E-state index in [-0.39, 0.29) is 30.0 Å². The van der Waals surface area contributed by atoms with Gasteiger partial charge in [0.25, 0.3) is 5.91 Å². The third-order valence-corrected chi connectivity index (χ3v) is 2.79. The topological polar surface area (TPSA) is 84.6 Å². The summed E-state index contributed by atoms with van der Waals surface area (Å²) >= 11 is 0. The van der Waals surface area contributed by atoms with Gasteiger partial charge in [-0.2, -0.15) is 4.99 Å². The molecular weight excluding hydrogens is 218 g/mol. The van der Waals surface area contributed by atoms with E-state index in [0.717, 1.165) is 19.4 Å². The van der Waals surface area contributed by atoms with Gasteiger partial charge in [-0.15, -0.1) is 0 Å². The van der Waals surface area contributed by atoms with E-state index in [1.54, 1.807) is 0 Å². The van der Waals surface area contributed by atoms with Crippen LogP contribution in [0.25, 0.3) is 0 Å². The van der Waals surface area contributed by atoms with Crippen LogP contribution in [0.5, 0.6) is 0 Å². The van der Waals surface area contributed by atoms with E-state index >= 15 is 0 Å². The molecule has 0 aromatic rings. The number of aliphatic imine (C=N–C) groups is 1. The van der Waals surface area contributed by atoms with Crippen molar-refractivity contribution in [3.8, 4) is 0 Å². The summed E-state index contributed by atoms with van der Waals surface area (Å²) in [6.45, 7) is 6.31. The fraction of sp³-hybridized carbons (Fsp3) is 0.750. The van der Waals surface area contributed by atoms with Gasteiger partial charge in [0.1, 0.15) is 11.6 Å². The molecule has 0 saturated carbocycles. The van der Waals surface area contributed by atoms with E-state index in [0.29, 0.717) is 0 Å². The Morgan fingerprint density at radius 1 is 1.41 bits per heavy atom. The summed E-state index contributed by atoms with van der Waals surface area (Å²) in [7, 11) is 0. The number of nitrogens with two attached hydrogens (primary N) is 1. The molecule has 1 aliphatic heterocycles. The van der Waals surface area contributed by atoms with Gasteiger partial charge in [0.2, 0.25) is 0 Å². The van der Waals surface area contributed by atoms with E-state index in [9.17, 15) is 9.59 Å². The first-order valence-electron chi connectivity index (χ1n) is 5.94. The third-order valence-electron chi connectivity index (χ3n) is 2.79. The second-order valence-electron chi connectivity index (χ2n) is 5.44. The molecule has 1 fully saturated rings. The van der Waals surface area contributed by atoms with Crippen LogP contribution in [0, 0.1) is 5.41 Å². The second kappa shape index (κ2) is 5.40. The van der Waals surface area contributed by atoms with Gasteiger partial charge < -0.3 is 11.1 Å². The number of ketones is 1. The summed E-state index contributed by atoms with van der Waals surface area (Å²) in [6.07, 6.45) is 1.82. The molecule has 1 atom stereocenters. The summed E-state index contributed by atoms with van der Waals surface area (Å²) in [5.74, 6) is -0.156. The first-order valence-corrected chi connectivity index (χ1v) is 5.94. The molecule has 0 aliphatic carbocycles. The van der Waals surface area contributed by atoms with Crippen LogP contribution in [-0.2, 0) is 9.59 Å². The lowest BCUT2D eigenvalue weighted by atomic mass is 9.89. The number of Topliss-reactive ketones (excluding diaryl/α,β-unsaturated/α-hetero) is 1. The number of nitrogens with zero attached hydrogens (tertiary/aromatic N) is 1. The number of amidine groups is 1. The van der Waals surface area contributed by atoms with Crippen LogP contribution < -0.4 is 11.1 Å². The SMILES string of the molecule is CC(C)(C)C(=O)CC(N)=NC(=O)C1CCCN1. The van der Waals surface area contributed by atoms with Crippen LogP contribution in [0.2, 0.25) is 0 Å². The lowest BCUT2D eigenvalue weighted by Gasteiger charge is -2.16. The molecule has 1 aliphatic rings. The zero-order valence-electron chi connectivity index (χ0n) is 10.7. The van der Waals surface area contributed by atoms with Crippen molar-refractivity contribution in [1.82, 2.24) is 5.32 Å². The fourth-order valence-corrected chi connectivity index (χ4v) is 1.58. The van der Waals surface area contributed by atoms with Crippen molar-refractivity contribution in [1.29, 1.82) is 0 Å². The van der Waals surface area contributed by atoms with Gasteiger partial charge in [0, 0.05) is 5.41 Å². The van der Waals surface area contributed by atoms with Crippen LogP contribution >= 0.6 is 0 Å². The molecule has 1 rings (SSSR count). The molecule has 1 amide bonds. The van der Waals surface area contributed by atoms with Crippen molar-refractivity contribution in [2.45, 2.75) is 46.1 Å². The van der Waals surface area contributed by atoms with Crippen molar-refractivity contribution in [3.05, 3.63) is 0 Å². The average Bonchev–Trinajstić information content (AvgIpc) is 2.68. The number of hydrogen-bond acceptors (Lipinski definition) is 3. The molecule has 0 bridgehead atoms. The number of amides is 1. The first-order chi connectivity index (χ1) is 7.80. The maximum absolute atomic E-state index is 11.7. The van der Waals surface area contributed by atoms with E-state index in [1.807, 2.05) is 20.8 Å². The molecule has 1 heterocycles. The summed E-state index contributed by atoms with van der Waals surface area (Å²) in [5.41, 5.74) is 5.17. The minimum atomic E-state index is -0.450. The first kappa shape index (κ1) is 13.8. The van der Waals surface area contributed by atoms with E-state index < -0.39 is 5.41 Å². The Labute approximate surface area is 102 Å². The van der Waals surface area contributed by atoms with Gasteiger partial charge in [-0.3, -0.25) is 9.59 Å². The van der Waals surface area contributed by atoms with Crippen molar-refractivity contribution in [2.75, 3.05) is 6.54 Å². The Balaban J connectivity index is 2.54. The van der Waals surface area contributed by atoms with Gasteiger partial charge in [-0.05, 0) is 19.4 Å². The largest absolute Gasteiger partial charge is 0.387 e. The summed E-state index contributed by atoms with van der Waals surface area (Å²) < 4.78 is 0. The van der Waals surface area contributed by atoms with Gasteiger partial charge in [-0.1, -0.05) is 20.8 Å². The van der Waals surface area contributed by atoms with Crippen molar-refractivity contribution in [3.63, 3.8) is 0 Å². The Morgan fingerprint density at radius 3 is 2.53 bits per heavy atom. The predicted octanol–water partition coefficient (Wildman–Crippen LogP) is 0.627. The highest BCUT2D eigenvalue weighted by Crippen LogP contribution is 2.16. The van der Waals surface area contributed by atoms with E-state index in [2.05, 4.69) is 10.3 Å². The number of carbonyl (C=O) groups excluding carboxylic acids is 2. The standard InChI is InChI=1S/C12H21N3O2/c1-12(2,3)9(16)7-10(13)15-11(17)8-5-4-6-14-8/h8,14H,4-7H2,1-3H3,(H2,13,15,17).